The molecule has 1 fully saturated rings. The van der Waals surface area contributed by atoms with E-state index < -0.39 is 0 Å². The molecular weight excluding hydrogens is 248 g/mol. The Kier molecular flexibility index (Phi) is 3.90. The van der Waals surface area contributed by atoms with Crippen LogP contribution in [0, 0.1) is 6.92 Å². The predicted molar refractivity (Wildman–Crippen MR) is 80.5 cm³/mol. The Labute approximate surface area is 119 Å². The van der Waals surface area contributed by atoms with Crippen LogP contribution in [0.3, 0.4) is 0 Å². The molecular formula is C16H20N4. The first-order valence-corrected chi connectivity index (χ1v) is 7.34. The fourth-order valence-electron chi connectivity index (χ4n) is 2.74. The van der Waals surface area contributed by atoms with Crippen LogP contribution in [0.25, 0.3) is 11.3 Å². The van der Waals surface area contributed by atoms with Gasteiger partial charge in [0.1, 0.15) is 0 Å². The summed E-state index contributed by atoms with van der Waals surface area (Å²) in [5.41, 5.74) is 2.89. The zero-order valence-electron chi connectivity index (χ0n) is 11.8. The normalized spacial score (nSPS) is 16.1. The summed E-state index contributed by atoms with van der Waals surface area (Å²) in [6.45, 7) is 2.01. The van der Waals surface area contributed by atoms with E-state index in [9.17, 15) is 0 Å². The first kappa shape index (κ1) is 13.0. The van der Waals surface area contributed by atoms with Gasteiger partial charge in [0.25, 0.3) is 0 Å². The average Bonchev–Trinajstić information content (AvgIpc) is 2.49. The maximum absolute atomic E-state index is 4.58. The van der Waals surface area contributed by atoms with Gasteiger partial charge in [0, 0.05) is 24.0 Å². The number of rotatable bonds is 3. The van der Waals surface area contributed by atoms with E-state index >= 15 is 0 Å². The van der Waals surface area contributed by atoms with E-state index in [0.29, 0.717) is 6.04 Å². The van der Waals surface area contributed by atoms with Crippen LogP contribution in [0.1, 0.15) is 37.8 Å². The Bertz CT molecular complexity index is 562. The highest BCUT2D eigenvalue weighted by Gasteiger charge is 2.14. The van der Waals surface area contributed by atoms with Crippen molar-refractivity contribution in [2.75, 3.05) is 5.32 Å². The van der Waals surface area contributed by atoms with E-state index in [1.807, 2.05) is 31.3 Å². The molecule has 1 aliphatic rings. The van der Waals surface area contributed by atoms with E-state index in [-0.39, 0.29) is 0 Å². The number of nitrogens with zero attached hydrogens (tertiary/aromatic N) is 3. The van der Waals surface area contributed by atoms with E-state index in [4.69, 9.17) is 0 Å². The van der Waals surface area contributed by atoms with Crippen LogP contribution in [-0.4, -0.2) is 21.0 Å². The highest BCUT2D eigenvalue weighted by Crippen LogP contribution is 2.22. The van der Waals surface area contributed by atoms with Gasteiger partial charge < -0.3 is 5.32 Å². The van der Waals surface area contributed by atoms with E-state index in [1.54, 1.807) is 6.20 Å². The van der Waals surface area contributed by atoms with Crippen molar-refractivity contribution in [3.63, 3.8) is 0 Å². The maximum Gasteiger partial charge on any atom is 0.223 e. The van der Waals surface area contributed by atoms with Gasteiger partial charge in [0.2, 0.25) is 5.95 Å². The Morgan fingerprint density at radius 3 is 2.65 bits per heavy atom. The second-order valence-electron chi connectivity index (χ2n) is 5.39. The zero-order valence-corrected chi connectivity index (χ0v) is 11.8. The van der Waals surface area contributed by atoms with Crippen LogP contribution in [-0.2, 0) is 0 Å². The molecule has 2 aromatic heterocycles. The minimum absolute atomic E-state index is 0.531. The second kappa shape index (κ2) is 5.99. The van der Waals surface area contributed by atoms with Crippen molar-refractivity contribution in [2.45, 2.75) is 45.1 Å². The molecule has 2 aromatic rings. The topological polar surface area (TPSA) is 50.7 Å². The van der Waals surface area contributed by atoms with Crippen LogP contribution >= 0.6 is 0 Å². The number of nitrogens with one attached hydrogen (secondary N) is 1. The van der Waals surface area contributed by atoms with Gasteiger partial charge in [-0.1, -0.05) is 25.3 Å². The lowest BCUT2D eigenvalue weighted by molar-refractivity contribution is 0.461. The summed E-state index contributed by atoms with van der Waals surface area (Å²) in [4.78, 5) is 13.4. The van der Waals surface area contributed by atoms with E-state index in [0.717, 1.165) is 22.9 Å². The number of aryl methyl sites for hydroxylation is 1. The minimum atomic E-state index is 0.531. The highest BCUT2D eigenvalue weighted by atomic mass is 15.1. The molecule has 4 nitrogen and oxygen atoms in total. The second-order valence-corrected chi connectivity index (χ2v) is 5.39. The summed E-state index contributed by atoms with van der Waals surface area (Å²) in [5.74, 6) is 0.745. The van der Waals surface area contributed by atoms with Gasteiger partial charge in [-0.3, -0.25) is 4.98 Å². The Morgan fingerprint density at radius 2 is 1.95 bits per heavy atom. The van der Waals surface area contributed by atoms with Crippen LogP contribution < -0.4 is 5.32 Å². The summed E-state index contributed by atoms with van der Waals surface area (Å²) >= 11 is 0. The number of aromatic nitrogens is 3. The third kappa shape index (κ3) is 2.95. The molecule has 4 heteroatoms. The summed E-state index contributed by atoms with van der Waals surface area (Å²) < 4.78 is 0. The van der Waals surface area contributed by atoms with Gasteiger partial charge >= 0.3 is 0 Å². The van der Waals surface area contributed by atoms with Gasteiger partial charge in [-0.05, 0) is 31.9 Å². The van der Waals surface area contributed by atoms with Crippen LogP contribution in [0.5, 0.6) is 0 Å². The molecule has 0 radical (unpaired) electrons. The minimum Gasteiger partial charge on any atom is -0.351 e. The highest BCUT2D eigenvalue weighted by molar-refractivity contribution is 5.61. The zero-order chi connectivity index (χ0) is 13.8. The third-order valence-corrected chi connectivity index (χ3v) is 3.86. The molecule has 3 rings (SSSR count). The Hall–Kier alpha value is -1.97. The van der Waals surface area contributed by atoms with E-state index in [2.05, 4.69) is 20.3 Å². The Morgan fingerprint density at radius 1 is 1.10 bits per heavy atom. The number of hydrogen-bond acceptors (Lipinski definition) is 4. The maximum atomic E-state index is 4.58. The lowest BCUT2D eigenvalue weighted by atomic mass is 9.96. The fourth-order valence-corrected chi connectivity index (χ4v) is 2.74. The molecule has 0 aliphatic heterocycles. The molecule has 20 heavy (non-hydrogen) atoms. The van der Waals surface area contributed by atoms with Crippen molar-refractivity contribution in [1.29, 1.82) is 0 Å². The standard InChI is InChI=1S/C16H20N4/c1-12-14(15-9-5-6-10-17-15)11-18-16(19-12)20-13-7-3-2-4-8-13/h5-6,9-11,13H,2-4,7-8H2,1H3,(H,18,19,20). The summed E-state index contributed by atoms with van der Waals surface area (Å²) in [6.07, 6.45) is 10.1. The molecule has 104 valence electrons. The molecule has 0 atom stereocenters. The molecule has 0 spiro atoms. The van der Waals surface area contributed by atoms with Gasteiger partial charge in [0.05, 0.1) is 11.4 Å². The van der Waals surface area contributed by atoms with Gasteiger partial charge in [-0.2, -0.15) is 0 Å². The van der Waals surface area contributed by atoms with Crippen LogP contribution in [0.15, 0.2) is 30.6 Å². The Balaban J connectivity index is 1.77. The largest absolute Gasteiger partial charge is 0.351 e. The van der Waals surface area contributed by atoms with Crippen molar-refractivity contribution < 1.29 is 0 Å². The van der Waals surface area contributed by atoms with Crippen molar-refractivity contribution in [1.82, 2.24) is 15.0 Å². The lowest BCUT2D eigenvalue weighted by Crippen LogP contribution is -2.23. The van der Waals surface area contributed by atoms with Crippen molar-refractivity contribution >= 4 is 5.95 Å². The molecule has 1 aliphatic carbocycles. The lowest BCUT2D eigenvalue weighted by Gasteiger charge is -2.22. The third-order valence-electron chi connectivity index (χ3n) is 3.86. The quantitative estimate of drug-likeness (QED) is 0.924. The smallest absolute Gasteiger partial charge is 0.223 e. The number of anilines is 1. The molecule has 2 heterocycles. The molecule has 0 aromatic carbocycles. The van der Waals surface area contributed by atoms with Gasteiger partial charge in [-0.15, -0.1) is 0 Å². The summed E-state index contributed by atoms with van der Waals surface area (Å²) in [7, 11) is 0. The molecule has 1 saturated carbocycles. The van der Waals surface area contributed by atoms with Crippen LogP contribution in [0.2, 0.25) is 0 Å². The molecule has 0 unspecified atom stereocenters. The van der Waals surface area contributed by atoms with Crippen LogP contribution in [0.4, 0.5) is 5.95 Å². The summed E-state index contributed by atoms with van der Waals surface area (Å²) in [6, 6.07) is 6.41. The first-order chi connectivity index (χ1) is 9.83. The monoisotopic (exact) mass is 268 g/mol. The van der Waals surface area contributed by atoms with Gasteiger partial charge in [0.15, 0.2) is 0 Å². The SMILES string of the molecule is Cc1nc(NC2CCCCC2)ncc1-c1ccccn1. The van der Waals surface area contributed by atoms with Crippen molar-refractivity contribution in [2.24, 2.45) is 0 Å². The molecule has 0 amide bonds. The fraction of sp³-hybridized carbons (Fsp3) is 0.438. The summed E-state index contributed by atoms with van der Waals surface area (Å²) in [5, 5.41) is 3.46. The molecule has 0 bridgehead atoms. The van der Waals surface area contributed by atoms with E-state index in [1.165, 1.54) is 32.1 Å². The van der Waals surface area contributed by atoms with Crippen molar-refractivity contribution in [3.05, 3.63) is 36.3 Å². The number of hydrogen-bond donors (Lipinski definition) is 1. The number of pyridine rings is 1. The van der Waals surface area contributed by atoms with Crippen molar-refractivity contribution in [3.8, 4) is 11.3 Å². The molecule has 1 N–H and O–H groups in total. The predicted octanol–water partition coefficient (Wildman–Crippen LogP) is 3.59. The van der Waals surface area contributed by atoms with Gasteiger partial charge in [-0.25, -0.2) is 9.97 Å². The first-order valence-electron chi connectivity index (χ1n) is 7.34. The molecule has 0 saturated heterocycles. The average molecular weight is 268 g/mol.